The molecule has 1 aliphatic rings. The van der Waals surface area contributed by atoms with Crippen LogP contribution in [0.5, 0.6) is 0 Å². The van der Waals surface area contributed by atoms with Gasteiger partial charge >= 0.3 is 0 Å². The van der Waals surface area contributed by atoms with Crippen LogP contribution < -0.4 is 11.1 Å². The zero-order valence-corrected chi connectivity index (χ0v) is 13.5. The number of hydrogen-bond donors (Lipinski definition) is 2. The van der Waals surface area contributed by atoms with Gasteiger partial charge in [0.25, 0.3) is 5.91 Å². The van der Waals surface area contributed by atoms with Gasteiger partial charge in [0.2, 0.25) is 0 Å². The summed E-state index contributed by atoms with van der Waals surface area (Å²) in [5.74, 6) is -0.369. The Hall–Kier alpha value is -2.60. The Morgan fingerprint density at radius 1 is 1.30 bits per heavy atom. The molecule has 0 saturated heterocycles. The highest BCUT2D eigenvalue weighted by molar-refractivity contribution is 7.19. The van der Waals surface area contributed by atoms with E-state index >= 15 is 0 Å². The van der Waals surface area contributed by atoms with E-state index in [2.05, 4.69) is 10.4 Å². The van der Waals surface area contributed by atoms with Crippen LogP contribution in [0.4, 0.5) is 10.7 Å². The van der Waals surface area contributed by atoms with Crippen LogP contribution >= 0.6 is 11.3 Å². The second kappa shape index (κ2) is 5.24. The van der Waals surface area contributed by atoms with Crippen molar-refractivity contribution in [2.24, 2.45) is 12.8 Å². The number of hydrogen-bond acceptors (Lipinski definition) is 4. The molecule has 0 atom stereocenters. The maximum Gasteiger partial charge on any atom is 0.259 e. The van der Waals surface area contributed by atoms with Gasteiger partial charge in [0.05, 0.1) is 10.6 Å². The number of rotatable bonds is 3. The Kier molecular flexibility index (Phi) is 3.20. The molecule has 0 radical (unpaired) electrons. The highest BCUT2D eigenvalue weighted by Gasteiger charge is 2.29. The first-order valence-electron chi connectivity index (χ1n) is 7.44. The van der Waals surface area contributed by atoms with Gasteiger partial charge in [-0.1, -0.05) is 18.2 Å². The van der Waals surface area contributed by atoms with E-state index in [1.54, 1.807) is 0 Å². The van der Waals surface area contributed by atoms with Crippen LogP contribution in [0, 0.1) is 0 Å². The number of nitrogens with zero attached hydrogens (tertiary/aromatic N) is 2. The second-order valence-electron chi connectivity index (χ2n) is 5.65. The average Bonchev–Trinajstić information content (AvgIpc) is 3.08. The molecule has 5 nitrogen and oxygen atoms in total. The maximum atomic E-state index is 11.8. The number of aryl methyl sites for hydroxylation is 2. The Morgan fingerprint density at radius 3 is 2.83 bits per heavy atom. The van der Waals surface area contributed by atoms with Gasteiger partial charge in [0, 0.05) is 24.5 Å². The number of carbonyl (C=O) groups excluding carboxylic acids is 1. The van der Waals surface area contributed by atoms with Crippen molar-refractivity contribution in [1.82, 2.24) is 9.78 Å². The lowest BCUT2D eigenvalue weighted by Crippen LogP contribution is -2.13. The van der Waals surface area contributed by atoms with Gasteiger partial charge in [-0.05, 0) is 36.1 Å². The van der Waals surface area contributed by atoms with Gasteiger partial charge in [0.1, 0.15) is 5.00 Å². The zero-order valence-electron chi connectivity index (χ0n) is 12.7. The number of thiophene rings is 1. The molecule has 0 unspecified atom stereocenters. The quantitative estimate of drug-likeness (QED) is 0.777. The first kappa shape index (κ1) is 14.0. The second-order valence-corrected chi connectivity index (χ2v) is 6.67. The van der Waals surface area contributed by atoms with E-state index in [0.29, 0.717) is 4.88 Å². The summed E-state index contributed by atoms with van der Waals surface area (Å²) in [7, 11) is 1.92. The van der Waals surface area contributed by atoms with Crippen molar-refractivity contribution >= 4 is 27.9 Å². The van der Waals surface area contributed by atoms with Crippen molar-refractivity contribution in [2.45, 2.75) is 12.8 Å². The number of aromatic nitrogens is 2. The minimum Gasteiger partial charge on any atom is -0.365 e. The molecule has 6 heteroatoms. The number of para-hydroxylation sites is 1. The molecular weight excluding hydrogens is 308 g/mol. The fourth-order valence-corrected chi connectivity index (χ4v) is 4.21. The summed E-state index contributed by atoms with van der Waals surface area (Å²) in [6, 6.07) is 9.92. The molecule has 1 aliphatic carbocycles. The Bertz CT molecular complexity index is 895. The molecule has 23 heavy (non-hydrogen) atoms. The maximum absolute atomic E-state index is 11.8. The number of fused-ring (bicyclic) bond motifs is 3. The van der Waals surface area contributed by atoms with Crippen molar-refractivity contribution in [2.75, 3.05) is 5.32 Å². The molecule has 2 aromatic heterocycles. The normalized spacial score (nSPS) is 12.6. The van der Waals surface area contributed by atoms with Crippen LogP contribution in [-0.4, -0.2) is 15.7 Å². The smallest absolute Gasteiger partial charge is 0.259 e. The van der Waals surface area contributed by atoms with E-state index in [4.69, 9.17) is 5.73 Å². The minimum atomic E-state index is -0.369. The third-order valence-electron chi connectivity index (χ3n) is 4.05. The SMILES string of the molecule is Cn1cc2c(n1)-c1c(Nc3ccccc3)sc(C(N)=O)c1CC2. The summed E-state index contributed by atoms with van der Waals surface area (Å²) in [4.78, 5) is 12.5. The predicted molar refractivity (Wildman–Crippen MR) is 92.2 cm³/mol. The van der Waals surface area contributed by atoms with Crippen molar-refractivity contribution < 1.29 is 4.79 Å². The van der Waals surface area contributed by atoms with Crippen LogP contribution in [0.2, 0.25) is 0 Å². The molecule has 0 saturated carbocycles. The lowest BCUT2D eigenvalue weighted by molar-refractivity contribution is 0.100. The Balaban J connectivity index is 1.89. The van der Waals surface area contributed by atoms with Gasteiger partial charge < -0.3 is 11.1 Å². The summed E-state index contributed by atoms with van der Waals surface area (Å²) in [6.45, 7) is 0. The third-order valence-corrected chi connectivity index (χ3v) is 5.21. The van der Waals surface area contributed by atoms with Crippen molar-refractivity contribution in [3.63, 3.8) is 0 Å². The summed E-state index contributed by atoms with van der Waals surface area (Å²) in [5, 5.41) is 8.95. The van der Waals surface area contributed by atoms with Crippen LogP contribution in [0.3, 0.4) is 0 Å². The van der Waals surface area contributed by atoms with E-state index in [1.165, 1.54) is 16.9 Å². The average molecular weight is 324 g/mol. The molecule has 0 spiro atoms. The number of primary amides is 1. The predicted octanol–water partition coefficient (Wildman–Crippen LogP) is 3.09. The van der Waals surface area contributed by atoms with Crippen molar-refractivity contribution in [3.8, 4) is 11.3 Å². The van der Waals surface area contributed by atoms with E-state index in [1.807, 2.05) is 48.3 Å². The van der Waals surface area contributed by atoms with Crippen molar-refractivity contribution in [3.05, 3.63) is 52.5 Å². The number of nitrogens with two attached hydrogens (primary N) is 1. The summed E-state index contributed by atoms with van der Waals surface area (Å²) < 4.78 is 1.83. The minimum absolute atomic E-state index is 0.369. The first-order chi connectivity index (χ1) is 11.1. The molecule has 3 N–H and O–H groups in total. The van der Waals surface area contributed by atoms with E-state index in [-0.39, 0.29) is 5.91 Å². The number of carbonyl (C=O) groups is 1. The van der Waals surface area contributed by atoms with E-state index < -0.39 is 0 Å². The number of anilines is 2. The lowest BCUT2D eigenvalue weighted by Gasteiger charge is -2.14. The van der Waals surface area contributed by atoms with Crippen LogP contribution in [0.25, 0.3) is 11.3 Å². The van der Waals surface area contributed by atoms with E-state index in [9.17, 15) is 4.79 Å². The molecule has 0 fully saturated rings. The van der Waals surface area contributed by atoms with E-state index in [0.717, 1.165) is 40.4 Å². The van der Waals surface area contributed by atoms with Gasteiger partial charge in [-0.2, -0.15) is 5.10 Å². The van der Waals surface area contributed by atoms with Gasteiger partial charge in [-0.3, -0.25) is 9.48 Å². The molecule has 0 bridgehead atoms. The van der Waals surface area contributed by atoms with Crippen LogP contribution in [0.15, 0.2) is 36.5 Å². The molecule has 3 aromatic rings. The summed E-state index contributed by atoms with van der Waals surface area (Å²) in [6.07, 6.45) is 3.75. The first-order valence-corrected chi connectivity index (χ1v) is 8.25. The highest BCUT2D eigenvalue weighted by Crippen LogP contribution is 2.45. The van der Waals surface area contributed by atoms with Gasteiger partial charge in [0.15, 0.2) is 0 Å². The molecule has 2 heterocycles. The Morgan fingerprint density at radius 2 is 2.09 bits per heavy atom. The highest BCUT2D eigenvalue weighted by atomic mass is 32.1. The van der Waals surface area contributed by atoms with Crippen LogP contribution in [0.1, 0.15) is 20.8 Å². The zero-order chi connectivity index (χ0) is 16.0. The number of amides is 1. The molecule has 4 rings (SSSR count). The fraction of sp³-hybridized carbons (Fsp3) is 0.176. The van der Waals surface area contributed by atoms with Crippen LogP contribution in [-0.2, 0) is 19.9 Å². The number of benzene rings is 1. The molecular formula is C17H16N4OS. The summed E-state index contributed by atoms with van der Waals surface area (Å²) >= 11 is 1.42. The third kappa shape index (κ3) is 2.31. The number of nitrogens with one attached hydrogen (secondary N) is 1. The van der Waals surface area contributed by atoms with Crippen molar-refractivity contribution in [1.29, 1.82) is 0 Å². The standard InChI is InChI=1S/C17H16N4OS/c1-21-9-10-7-8-12-13(14(10)20-21)17(23-15(12)16(18)22)19-11-5-3-2-4-6-11/h2-6,9,19H,7-8H2,1H3,(H2,18,22). The molecule has 116 valence electrons. The van der Waals surface area contributed by atoms with Gasteiger partial charge in [-0.25, -0.2) is 0 Å². The lowest BCUT2D eigenvalue weighted by atomic mass is 9.91. The topological polar surface area (TPSA) is 72.9 Å². The molecule has 0 aliphatic heterocycles. The largest absolute Gasteiger partial charge is 0.365 e. The fourth-order valence-electron chi connectivity index (χ4n) is 3.08. The molecule has 1 amide bonds. The molecule has 1 aromatic carbocycles. The monoisotopic (exact) mass is 324 g/mol. The summed E-state index contributed by atoms with van der Waals surface area (Å²) in [5.41, 5.74) is 10.8. The Labute approximate surface area is 137 Å². The van der Waals surface area contributed by atoms with Gasteiger partial charge in [-0.15, -0.1) is 11.3 Å².